The zero-order chi connectivity index (χ0) is 20.6. The fourth-order valence-electron chi connectivity index (χ4n) is 3.10. The summed E-state index contributed by atoms with van der Waals surface area (Å²) in [7, 11) is 1.46. The Balaban J connectivity index is 1.76. The van der Waals surface area contributed by atoms with Gasteiger partial charge in [0.15, 0.2) is 0 Å². The van der Waals surface area contributed by atoms with Crippen molar-refractivity contribution in [3.8, 4) is 0 Å². The molecule has 0 saturated carbocycles. The largest absolute Gasteiger partial charge is 0.351 e. The van der Waals surface area contributed by atoms with Gasteiger partial charge in [0.25, 0.3) is 17.7 Å². The molecular weight excluding hydrogens is 388 g/mol. The number of nitrogens with one attached hydrogen (secondary N) is 2. The van der Waals surface area contributed by atoms with Crippen LogP contribution in [0.4, 0.5) is 5.69 Å². The van der Waals surface area contributed by atoms with E-state index in [2.05, 4.69) is 15.7 Å². The Kier molecular flexibility index (Phi) is 5.40. The summed E-state index contributed by atoms with van der Waals surface area (Å²) in [5.41, 5.74) is 0.312. The van der Waals surface area contributed by atoms with Crippen molar-refractivity contribution >= 4 is 35.2 Å². The lowest BCUT2D eigenvalue weighted by Crippen LogP contribution is -2.71. The van der Waals surface area contributed by atoms with Gasteiger partial charge in [0.2, 0.25) is 5.69 Å². The van der Waals surface area contributed by atoms with E-state index in [1.54, 1.807) is 6.92 Å². The SMILES string of the molecule is CCCNC(=O)C1=C(C)CSC2C(NC(=O)c3nn(C)cc3[N+](=O)[O-])C(=O)N12. The summed E-state index contributed by atoms with van der Waals surface area (Å²) in [6.07, 6.45) is 1.90. The maximum atomic E-state index is 12.6. The van der Waals surface area contributed by atoms with E-state index in [1.165, 1.54) is 28.4 Å². The third kappa shape index (κ3) is 3.35. The van der Waals surface area contributed by atoms with Crippen LogP contribution >= 0.6 is 11.8 Å². The molecule has 11 nitrogen and oxygen atoms in total. The minimum absolute atomic E-state index is 0.316. The molecule has 2 aliphatic rings. The highest BCUT2D eigenvalue weighted by molar-refractivity contribution is 8.00. The molecule has 0 aliphatic carbocycles. The van der Waals surface area contributed by atoms with Crippen molar-refractivity contribution in [3.05, 3.63) is 33.3 Å². The van der Waals surface area contributed by atoms with Gasteiger partial charge in [-0.1, -0.05) is 6.92 Å². The van der Waals surface area contributed by atoms with Crippen LogP contribution in [0.1, 0.15) is 30.8 Å². The number of rotatable bonds is 6. The monoisotopic (exact) mass is 408 g/mol. The lowest BCUT2D eigenvalue weighted by atomic mass is 10.0. The molecule has 0 bridgehead atoms. The zero-order valence-electron chi connectivity index (χ0n) is 15.6. The molecule has 2 atom stereocenters. The molecule has 3 heterocycles. The maximum Gasteiger partial charge on any atom is 0.320 e. The van der Waals surface area contributed by atoms with Crippen LogP contribution < -0.4 is 10.6 Å². The number of hydrogen-bond donors (Lipinski definition) is 2. The molecular formula is C16H20N6O5S. The van der Waals surface area contributed by atoms with Crippen molar-refractivity contribution in [1.82, 2.24) is 25.3 Å². The van der Waals surface area contributed by atoms with Crippen LogP contribution in [0.5, 0.6) is 0 Å². The van der Waals surface area contributed by atoms with Gasteiger partial charge in [-0.3, -0.25) is 34.1 Å². The van der Waals surface area contributed by atoms with E-state index in [9.17, 15) is 24.5 Å². The summed E-state index contributed by atoms with van der Waals surface area (Å²) < 4.78 is 1.17. The van der Waals surface area contributed by atoms with E-state index < -0.39 is 33.8 Å². The number of β-lactam (4-membered cyclic amide) rings is 1. The molecule has 0 aromatic carbocycles. The average Bonchev–Trinajstić information content (AvgIpc) is 3.06. The predicted octanol–water partition coefficient (Wildman–Crippen LogP) is 0.142. The van der Waals surface area contributed by atoms with Crippen molar-refractivity contribution in [2.45, 2.75) is 31.7 Å². The van der Waals surface area contributed by atoms with E-state index in [1.807, 2.05) is 6.92 Å². The standard InChI is InChI=1S/C16H20N6O5S/c1-4-5-17-14(24)12-8(2)7-28-16-11(15(25)21(12)16)18-13(23)10-9(22(26)27)6-20(3)19-10/h6,11,16H,4-5,7H2,1-3H3,(H,17,24)(H,18,23). The fraction of sp³-hybridized carbons (Fsp3) is 0.500. The van der Waals surface area contributed by atoms with Crippen molar-refractivity contribution < 1.29 is 19.3 Å². The van der Waals surface area contributed by atoms with Gasteiger partial charge in [0, 0.05) is 19.3 Å². The van der Waals surface area contributed by atoms with Crippen LogP contribution in [0.2, 0.25) is 0 Å². The summed E-state index contributed by atoms with van der Waals surface area (Å²) in [5, 5.41) is 19.8. The Labute approximate surface area is 164 Å². The van der Waals surface area contributed by atoms with E-state index in [4.69, 9.17) is 0 Å². The molecule has 12 heteroatoms. The predicted molar refractivity (Wildman–Crippen MR) is 100 cm³/mol. The lowest BCUT2D eigenvalue weighted by molar-refractivity contribution is -0.385. The average molecular weight is 408 g/mol. The van der Waals surface area contributed by atoms with Crippen molar-refractivity contribution in [2.75, 3.05) is 12.3 Å². The number of aryl methyl sites for hydroxylation is 1. The van der Waals surface area contributed by atoms with Crippen LogP contribution in [-0.2, 0) is 16.6 Å². The molecule has 1 saturated heterocycles. The number of fused-ring (bicyclic) bond motifs is 1. The summed E-state index contributed by atoms with van der Waals surface area (Å²) >= 11 is 1.42. The van der Waals surface area contributed by atoms with Crippen molar-refractivity contribution in [1.29, 1.82) is 0 Å². The van der Waals surface area contributed by atoms with Crippen molar-refractivity contribution in [3.63, 3.8) is 0 Å². The highest BCUT2D eigenvalue weighted by Gasteiger charge is 2.54. The van der Waals surface area contributed by atoms with Crippen LogP contribution in [0.3, 0.4) is 0 Å². The lowest BCUT2D eigenvalue weighted by Gasteiger charge is -2.49. The van der Waals surface area contributed by atoms with Gasteiger partial charge >= 0.3 is 5.69 Å². The number of aromatic nitrogens is 2. The smallest absolute Gasteiger partial charge is 0.320 e. The van der Waals surface area contributed by atoms with E-state index >= 15 is 0 Å². The molecule has 1 fully saturated rings. The van der Waals surface area contributed by atoms with Crippen molar-refractivity contribution in [2.24, 2.45) is 7.05 Å². The Hall–Kier alpha value is -2.89. The summed E-state index contributed by atoms with van der Waals surface area (Å²) in [5.74, 6) is -0.998. The number of hydrogen-bond acceptors (Lipinski definition) is 7. The molecule has 2 aliphatic heterocycles. The second-order valence-electron chi connectivity index (χ2n) is 6.54. The number of nitro groups is 1. The minimum Gasteiger partial charge on any atom is -0.351 e. The number of nitrogens with zero attached hydrogens (tertiary/aromatic N) is 4. The molecule has 2 unspecified atom stereocenters. The topological polar surface area (TPSA) is 139 Å². The first-order valence-electron chi connectivity index (χ1n) is 8.67. The first kappa shape index (κ1) is 19.9. The van der Waals surface area contributed by atoms with Crippen LogP contribution in [0.15, 0.2) is 17.5 Å². The molecule has 3 rings (SSSR count). The molecule has 1 aromatic heterocycles. The summed E-state index contributed by atoms with van der Waals surface area (Å²) in [4.78, 5) is 49.3. The quantitative estimate of drug-likeness (QED) is 0.388. The number of amides is 3. The Morgan fingerprint density at radius 3 is 2.79 bits per heavy atom. The Morgan fingerprint density at radius 1 is 1.43 bits per heavy atom. The van der Waals surface area contributed by atoms with E-state index in [0.717, 1.165) is 18.2 Å². The first-order valence-corrected chi connectivity index (χ1v) is 9.72. The van der Waals surface area contributed by atoms with Gasteiger partial charge in [-0.25, -0.2) is 0 Å². The molecule has 3 amide bonds. The second-order valence-corrected chi connectivity index (χ2v) is 7.64. The van der Waals surface area contributed by atoms with Gasteiger partial charge in [0.1, 0.15) is 23.3 Å². The highest BCUT2D eigenvalue weighted by atomic mass is 32.2. The third-order valence-electron chi connectivity index (χ3n) is 4.42. The number of carbonyl (C=O) groups excluding carboxylic acids is 3. The first-order chi connectivity index (χ1) is 13.3. The Bertz CT molecular complexity index is 894. The molecule has 0 spiro atoms. The van der Waals surface area contributed by atoms with E-state index in [0.29, 0.717) is 18.0 Å². The minimum atomic E-state index is -0.874. The number of carbonyl (C=O) groups is 3. The van der Waals surface area contributed by atoms with Crippen LogP contribution in [0.25, 0.3) is 0 Å². The molecule has 28 heavy (non-hydrogen) atoms. The molecule has 2 N–H and O–H groups in total. The highest BCUT2D eigenvalue weighted by Crippen LogP contribution is 2.40. The van der Waals surface area contributed by atoms with Gasteiger partial charge in [-0.15, -0.1) is 11.8 Å². The third-order valence-corrected chi connectivity index (χ3v) is 5.84. The maximum absolute atomic E-state index is 12.6. The van der Waals surface area contributed by atoms with E-state index in [-0.39, 0.29) is 11.6 Å². The van der Waals surface area contributed by atoms with Gasteiger partial charge < -0.3 is 10.6 Å². The zero-order valence-corrected chi connectivity index (χ0v) is 16.4. The molecule has 150 valence electrons. The fourth-order valence-corrected chi connectivity index (χ4v) is 4.39. The normalized spacial score (nSPS) is 21.1. The van der Waals surface area contributed by atoms with Gasteiger partial charge in [-0.05, 0) is 18.9 Å². The summed E-state index contributed by atoms with van der Waals surface area (Å²) in [6, 6.07) is -0.874. The van der Waals surface area contributed by atoms with Crippen LogP contribution in [0, 0.1) is 10.1 Å². The van der Waals surface area contributed by atoms with Gasteiger partial charge in [-0.2, -0.15) is 5.10 Å². The summed E-state index contributed by atoms with van der Waals surface area (Å²) in [6.45, 7) is 4.22. The number of thioether (sulfide) groups is 1. The Morgan fingerprint density at radius 2 is 2.14 bits per heavy atom. The molecule has 1 aromatic rings. The molecule has 0 radical (unpaired) electrons. The van der Waals surface area contributed by atoms with Crippen LogP contribution in [-0.4, -0.2) is 61.0 Å². The van der Waals surface area contributed by atoms with Gasteiger partial charge in [0.05, 0.1) is 4.92 Å². The second kappa shape index (κ2) is 7.62.